The molecule has 3 rings (SSSR count). The number of fused-ring (bicyclic) bond motifs is 2. The van der Waals surface area contributed by atoms with Gasteiger partial charge in [0, 0.05) is 0 Å². The molecule has 11 atom stereocenters. The summed E-state index contributed by atoms with van der Waals surface area (Å²) in [6.45, 7) is 3.32. The van der Waals surface area contributed by atoms with Crippen LogP contribution in [-0.4, -0.2) is 102 Å². The predicted molar refractivity (Wildman–Crippen MR) is 96.9 cm³/mol. The van der Waals surface area contributed by atoms with Crippen molar-refractivity contribution in [2.75, 3.05) is 14.1 Å². The molecule has 0 spiro atoms. The van der Waals surface area contributed by atoms with Crippen LogP contribution in [0.2, 0.25) is 0 Å². The Bertz CT molecular complexity index is 582. The fourth-order valence-corrected chi connectivity index (χ4v) is 4.32. The van der Waals surface area contributed by atoms with Gasteiger partial charge in [0.05, 0.1) is 36.4 Å². The van der Waals surface area contributed by atoms with Crippen LogP contribution in [0.3, 0.4) is 0 Å². The lowest BCUT2D eigenvalue weighted by molar-refractivity contribution is -0.449. The molecule has 11 heteroatoms. The second-order valence-corrected chi connectivity index (χ2v) is 7.91. The molecule has 3 fully saturated rings. The largest absolute Gasteiger partial charge is 0.390 e. The second kappa shape index (κ2) is 8.09. The molecule has 11 nitrogen and oxygen atoms in total. The smallest absolute Gasteiger partial charge is 0.239 e. The number of ether oxygens (including phenoxy) is 3. The maximum atomic E-state index is 12.1. The van der Waals surface area contributed by atoms with E-state index in [1.165, 1.54) is 6.92 Å². The van der Waals surface area contributed by atoms with E-state index in [9.17, 15) is 20.1 Å². The molecule has 1 aliphatic carbocycles. The summed E-state index contributed by atoms with van der Waals surface area (Å²) in [4.78, 5) is 12.1. The number of hydrogen-bond donors (Lipinski definition) is 7. The minimum atomic E-state index is -2.00. The monoisotopic (exact) mass is 404 g/mol. The van der Waals surface area contributed by atoms with Crippen molar-refractivity contribution in [3.8, 4) is 0 Å². The molecule has 1 amide bonds. The molecule has 2 heterocycles. The number of nitrogens with one attached hydrogen (secondary N) is 3. The van der Waals surface area contributed by atoms with Crippen molar-refractivity contribution in [1.29, 1.82) is 0 Å². The third-order valence-electron chi connectivity index (χ3n) is 5.88. The Balaban J connectivity index is 1.90. The van der Waals surface area contributed by atoms with Crippen molar-refractivity contribution in [2.45, 2.75) is 87.0 Å². The average Bonchev–Trinajstić information content (AvgIpc) is 2.62. The van der Waals surface area contributed by atoms with Gasteiger partial charge in [0.25, 0.3) is 0 Å². The molecule has 0 bridgehead atoms. The number of aliphatic hydroxyl groups is 3. The zero-order valence-corrected chi connectivity index (χ0v) is 16.5. The lowest BCUT2D eigenvalue weighted by Crippen LogP contribution is -2.79. The standard InChI is InChI=1S/C17H32N4O7/c1-6-5-8(21-15(24)7(2)18)17(25)16(26-6)27-14-12(23)9(19-3)11(22)10(20-4)13(14)28-17/h6-14,16,19-20,22-23,25H,5,18H2,1-4H3,(H,21,24)/t6-,7-,8?,9?,10+,11+,12+,13?,14?,16?,17?/m1/s1. The molecular formula is C17H32N4O7. The van der Waals surface area contributed by atoms with Gasteiger partial charge in [0.1, 0.15) is 18.3 Å². The maximum absolute atomic E-state index is 12.1. The van der Waals surface area contributed by atoms with Gasteiger partial charge >= 0.3 is 0 Å². The molecule has 28 heavy (non-hydrogen) atoms. The van der Waals surface area contributed by atoms with Gasteiger partial charge in [-0.1, -0.05) is 0 Å². The van der Waals surface area contributed by atoms with Crippen LogP contribution in [-0.2, 0) is 19.0 Å². The first-order valence-electron chi connectivity index (χ1n) is 9.61. The van der Waals surface area contributed by atoms with Gasteiger partial charge in [-0.15, -0.1) is 0 Å². The summed E-state index contributed by atoms with van der Waals surface area (Å²) in [5.41, 5.74) is 5.64. The molecule has 2 aliphatic heterocycles. The Kier molecular flexibility index (Phi) is 6.30. The van der Waals surface area contributed by atoms with E-state index in [2.05, 4.69) is 16.0 Å². The fourth-order valence-electron chi connectivity index (χ4n) is 4.32. The Morgan fingerprint density at radius 3 is 2.36 bits per heavy atom. The van der Waals surface area contributed by atoms with E-state index >= 15 is 0 Å². The topological polar surface area (TPSA) is 168 Å². The van der Waals surface area contributed by atoms with Crippen LogP contribution in [0.15, 0.2) is 0 Å². The molecule has 3 aliphatic rings. The summed E-state index contributed by atoms with van der Waals surface area (Å²) >= 11 is 0. The molecule has 2 saturated heterocycles. The number of nitrogens with two attached hydrogens (primary N) is 1. The normalized spacial score (nSPS) is 49.6. The number of carbonyl (C=O) groups is 1. The summed E-state index contributed by atoms with van der Waals surface area (Å²) in [7, 11) is 3.27. The number of aliphatic hydroxyl groups excluding tert-OH is 2. The number of carbonyl (C=O) groups excluding carboxylic acids is 1. The van der Waals surface area contributed by atoms with Gasteiger partial charge in [-0.2, -0.15) is 0 Å². The Labute approximate surface area is 163 Å². The molecule has 8 N–H and O–H groups in total. The Hall–Kier alpha value is -0.890. The van der Waals surface area contributed by atoms with Gasteiger partial charge in [0.2, 0.25) is 18.0 Å². The van der Waals surface area contributed by atoms with E-state index in [4.69, 9.17) is 19.9 Å². The number of hydrogen-bond acceptors (Lipinski definition) is 10. The molecule has 0 aromatic heterocycles. The third-order valence-corrected chi connectivity index (χ3v) is 5.88. The molecule has 6 unspecified atom stereocenters. The van der Waals surface area contributed by atoms with Crippen LogP contribution in [0.1, 0.15) is 20.3 Å². The average molecular weight is 404 g/mol. The van der Waals surface area contributed by atoms with E-state index < -0.39 is 66.6 Å². The summed E-state index contributed by atoms with van der Waals surface area (Å²) in [6, 6.07) is -2.91. The summed E-state index contributed by atoms with van der Waals surface area (Å²) < 4.78 is 17.7. The van der Waals surface area contributed by atoms with Gasteiger partial charge < -0.3 is 51.2 Å². The van der Waals surface area contributed by atoms with E-state index in [1.807, 2.05) is 0 Å². The molecule has 162 valence electrons. The summed E-state index contributed by atoms with van der Waals surface area (Å²) in [5.74, 6) is -2.44. The predicted octanol–water partition coefficient (Wildman–Crippen LogP) is -3.66. The first-order valence-corrected chi connectivity index (χ1v) is 9.61. The summed E-state index contributed by atoms with van der Waals surface area (Å²) in [6.07, 6.45) is -5.13. The molecule has 0 radical (unpaired) electrons. The number of likely N-dealkylation sites (N-methyl/N-ethyl adjacent to an activating group) is 2. The Morgan fingerprint density at radius 1 is 1.14 bits per heavy atom. The molecule has 0 aromatic rings. The van der Waals surface area contributed by atoms with Gasteiger partial charge in [-0.25, -0.2) is 0 Å². The van der Waals surface area contributed by atoms with E-state index in [1.54, 1.807) is 21.0 Å². The number of rotatable bonds is 4. The highest BCUT2D eigenvalue weighted by Gasteiger charge is 2.63. The van der Waals surface area contributed by atoms with E-state index in [0.29, 0.717) is 0 Å². The van der Waals surface area contributed by atoms with Crippen molar-refractivity contribution in [2.24, 2.45) is 5.73 Å². The lowest BCUT2D eigenvalue weighted by atomic mass is 9.79. The maximum Gasteiger partial charge on any atom is 0.239 e. The van der Waals surface area contributed by atoms with Crippen molar-refractivity contribution in [3.63, 3.8) is 0 Å². The van der Waals surface area contributed by atoms with Crippen molar-refractivity contribution >= 4 is 5.91 Å². The molecule has 1 saturated carbocycles. The zero-order valence-electron chi connectivity index (χ0n) is 16.5. The zero-order chi connectivity index (χ0) is 20.8. The van der Waals surface area contributed by atoms with Gasteiger partial charge in [-0.3, -0.25) is 4.79 Å². The van der Waals surface area contributed by atoms with Crippen molar-refractivity contribution in [3.05, 3.63) is 0 Å². The first-order chi connectivity index (χ1) is 13.1. The Morgan fingerprint density at radius 2 is 1.79 bits per heavy atom. The van der Waals surface area contributed by atoms with Crippen molar-refractivity contribution < 1.29 is 34.3 Å². The van der Waals surface area contributed by atoms with Crippen molar-refractivity contribution in [1.82, 2.24) is 16.0 Å². The van der Waals surface area contributed by atoms with E-state index in [0.717, 1.165) is 0 Å². The van der Waals surface area contributed by atoms with Crippen LogP contribution < -0.4 is 21.7 Å². The SMILES string of the molecule is CNC1[C@H](O)C2OC3O[C@H](C)CC(NC(=O)[C@@H](C)N)C3(O)OC2[C@@H](NC)[C@H]1O. The van der Waals surface area contributed by atoms with Crippen LogP contribution in [0.4, 0.5) is 0 Å². The highest BCUT2D eigenvalue weighted by atomic mass is 16.8. The molecular weight excluding hydrogens is 372 g/mol. The third kappa shape index (κ3) is 3.55. The van der Waals surface area contributed by atoms with Crippen LogP contribution >= 0.6 is 0 Å². The first kappa shape index (κ1) is 21.8. The van der Waals surface area contributed by atoms with Gasteiger partial charge in [-0.05, 0) is 34.4 Å². The van der Waals surface area contributed by atoms with Crippen LogP contribution in [0.5, 0.6) is 0 Å². The fraction of sp³-hybridized carbons (Fsp3) is 0.941. The highest BCUT2D eigenvalue weighted by molar-refractivity contribution is 5.81. The number of amides is 1. The van der Waals surface area contributed by atoms with E-state index in [-0.39, 0.29) is 12.5 Å². The minimum absolute atomic E-state index is 0.278. The van der Waals surface area contributed by atoms with Crippen LogP contribution in [0, 0.1) is 0 Å². The quantitative estimate of drug-likeness (QED) is 0.248. The highest BCUT2D eigenvalue weighted by Crippen LogP contribution is 2.41. The summed E-state index contributed by atoms with van der Waals surface area (Å²) in [5, 5.41) is 41.2. The van der Waals surface area contributed by atoms with Crippen LogP contribution in [0.25, 0.3) is 0 Å². The minimum Gasteiger partial charge on any atom is -0.390 e. The van der Waals surface area contributed by atoms with Gasteiger partial charge in [0.15, 0.2) is 0 Å². The lowest BCUT2D eigenvalue weighted by Gasteiger charge is -2.58. The second-order valence-electron chi connectivity index (χ2n) is 7.91. The molecule has 0 aromatic carbocycles.